The Hall–Kier alpha value is -1.60. The molecule has 2 aromatic carbocycles. The zero-order chi connectivity index (χ0) is 19.5. The van der Waals surface area contributed by atoms with Crippen LogP contribution in [-0.2, 0) is 16.4 Å². The summed E-state index contributed by atoms with van der Waals surface area (Å²) in [6, 6.07) is 14.0. The number of piperidine rings is 1. The molecular weight excluding hydrogens is 386 g/mol. The molecular formula is C20H24ClNO4S. The second-order valence-corrected chi connectivity index (χ2v) is 9.46. The summed E-state index contributed by atoms with van der Waals surface area (Å²) in [5.41, 5.74) is 0.501. The molecule has 5 nitrogen and oxygen atoms in total. The Labute approximate surface area is 165 Å². The van der Waals surface area contributed by atoms with Crippen molar-refractivity contribution in [2.45, 2.75) is 24.2 Å². The maximum absolute atomic E-state index is 13.1. The fourth-order valence-electron chi connectivity index (χ4n) is 3.69. The van der Waals surface area contributed by atoms with Crippen LogP contribution in [0, 0.1) is 5.41 Å². The van der Waals surface area contributed by atoms with Crippen molar-refractivity contribution in [3.63, 3.8) is 0 Å². The van der Waals surface area contributed by atoms with Crippen LogP contribution in [0.2, 0.25) is 5.02 Å². The molecule has 146 valence electrons. The second-order valence-electron chi connectivity index (χ2n) is 7.09. The summed E-state index contributed by atoms with van der Waals surface area (Å²) in [5.74, 6) is 0.750. The summed E-state index contributed by atoms with van der Waals surface area (Å²) in [6.07, 6.45) is 2.05. The van der Waals surface area contributed by atoms with Gasteiger partial charge in [0.1, 0.15) is 5.75 Å². The molecule has 1 atom stereocenters. The van der Waals surface area contributed by atoms with E-state index >= 15 is 0 Å². The highest BCUT2D eigenvalue weighted by Crippen LogP contribution is 2.36. The number of sulfonamides is 1. The first-order valence-electron chi connectivity index (χ1n) is 8.88. The lowest BCUT2D eigenvalue weighted by Crippen LogP contribution is -2.48. The normalized spacial score (nSPS) is 21.1. The van der Waals surface area contributed by atoms with Crippen LogP contribution >= 0.6 is 11.6 Å². The van der Waals surface area contributed by atoms with Gasteiger partial charge in [0.05, 0.1) is 18.6 Å². The molecule has 1 heterocycles. The standard InChI is InChI=1S/C20H24ClNO4S/c1-26-18-7-2-5-16(11-18)13-20(15-23)9-4-10-22(14-20)27(24,25)19-8-3-6-17(21)12-19/h2-3,5-8,11-12,23H,4,9-10,13-15H2,1H3. The summed E-state index contributed by atoms with van der Waals surface area (Å²) >= 11 is 5.97. The van der Waals surface area contributed by atoms with E-state index in [0.29, 0.717) is 24.4 Å². The van der Waals surface area contributed by atoms with Gasteiger partial charge in [-0.15, -0.1) is 0 Å². The van der Waals surface area contributed by atoms with E-state index in [1.54, 1.807) is 25.3 Å². The van der Waals surface area contributed by atoms with E-state index < -0.39 is 15.4 Å². The number of aliphatic hydroxyl groups is 1. The van der Waals surface area contributed by atoms with Crippen molar-refractivity contribution in [1.29, 1.82) is 0 Å². The van der Waals surface area contributed by atoms with Crippen molar-refractivity contribution in [3.05, 3.63) is 59.1 Å². The van der Waals surface area contributed by atoms with Crippen molar-refractivity contribution in [1.82, 2.24) is 4.31 Å². The number of methoxy groups -OCH3 is 1. The first-order valence-corrected chi connectivity index (χ1v) is 10.7. The molecule has 0 saturated carbocycles. The van der Waals surface area contributed by atoms with Crippen LogP contribution in [0.4, 0.5) is 0 Å². The molecule has 0 aliphatic carbocycles. The van der Waals surface area contributed by atoms with Gasteiger partial charge in [-0.3, -0.25) is 0 Å². The van der Waals surface area contributed by atoms with E-state index in [9.17, 15) is 13.5 Å². The number of ether oxygens (including phenoxy) is 1. The van der Waals surface area contributed by atoms with Gasteiger partial charge in [-0.2, -0.15) is 4.31 Å². The summed E-state index contributed by atoms with van der Waals surface area (Å²) in [6.45, 7) is 0.635. The molecule has 1 saturated heterocycles. The van der Waals surface area contributed by atoms with E-state index in [2.05, 4.69) is 0 Å². The Morgan fingerprint density at radius 3 is 2.70 bits per heavy atom. The molecule has 1 aliphatic heterocycles. The summed E-state index contributed by atoms with van der Waals surface area (Å²) < 4.78 is 32.9. The minimum absolute atomic E-state index is 0.0776. The Morgan fingerprint density at radius 2 is 2.00 bits per heavy atom. The first-order chi connectivity index (χ1) is 12.9. The van der Waals surface area contributed by atoms with E-state index in [0.717, 1.165) is 17.7 Å². The fraction of sp³-hybridized carbons (Fsp3) is 0.400. The summed E-state index contributed by atoms with van der Waals surface area (Å²) in [7, 11) is -2.05. The Kier molecular flexibility index (Phi) is 6.11. The predicted molar refractivity (Wildman–Crippen MR) is 106 cm³/mol. The molecule has 1 fully saturated rings. The maximum atomic E-state index is 13.1. The largest absolute Gasteiger partial charge is 0.497 e. The minimum Gasteiger partial charge on any atom is -0.497 e. The predicted octanol–water partition coefficient (Wildman–Crippen LogP) is 3.35. The third kappa shape index (κ3) is 4.46. The molecule has 7 heteroatoms. The van der Waals surface area contributed by atoms with Crippen molar-refractivity contribution in [2.75, 3.05) is 26.8 Å². The van der Waals surface area contributed by atoms with E-state index in [1.165, 1.54) is 10.4 Å². The van der Waals surface area contributed by atoms with Crippen LogP contribution in [0.3, 0.4) is 0 Å². The molecule has 27 heavy (non-hydrogen) atoms. The van der Waals surface area contributed by atoms with Gasteiger partial charge in [-0.05, 0) is 55.2 Å². The van der Waals surface area contributed by atoms with Gasteiger partial charge in [0.2, 0.25) is 10.0 Å². The van der Waals surface area contributed by atoms with Crippen molar-refractivity contribution in [2.24, 2.45) is 5.41 Å². The Morgan fingerprint density at radius 1 is 1.22 bits per heavy atom. The number of halogens is 1. The maximum Gasteiger partial charge on any atom is 0.243 e. The molecule has 1 unspecified atom stereocenters. The monoisotopic (exact) mass is 409 g/mol. The fourth-order valence-corrected chi connectivity index (χ4v) is 5.58. The third-order valence-corrected chi connectivity index (χ3v) is 7.19. The van der Waals surface area contributed by atoms with Gasteiger partial charge < -0.3 is 9.84 Å². The lowest BCUT2D eigenvalue weighted by atomic mass is 9.76. The number of hydrogen-bond donors (Lipinski definition) is 1. The Balaban J connectivity index is 1.86. The van der Waals surface area contributed by atoms with Crippen molar-refractivity contribution in [3.8, 4) is 5.75 Å². The second kappa shape index (κ2) is 8.19. The molecule has 0 radical (unpaired) electrons. The third-order valence-electron chi connectivity index (χ3n) is 5.11. The highest BCUT2D eigenvalue weighted by molar-refractivity contribution is 7.89. The van der Waals surface area contributed by atoms with Crippen LogP contribution in [0.5, 0.6) is 5.75 Å². The van der Waals surface area contributed by atoms with Crippen molar-refractivity contribution >= 4 is 21.6 Å². The number of hydrogen-bond acceptors (Lipinski definition) is 4. The lowest BCUT2D eigenvalue weighted by molar-refractivity contribution is 0.0644. The zero-order valence-electron chi connectivity index (χ0n) is 15.3. The van der Waals surface area contributed by atoms with E-state index in [4.69, 9.17) is 16.3 Å². The lowest BCUT2D eigenvalue weighted by Gasteiger charge is -2.41. The van der Waals surface area contributed by atoms with Crippen LogP contribution in [0.1, 0.15) is 18.4 Å². The average molecular weight is 410 g/mol. The first kappa shape index (κ1) is 20.1. The highest BCUT2D eigenvalue weighted by Gasteiger charge is 2.40. The van der Waals surface area contributed by atoms with Gasteiger partial charge in [0.25, 0.3) is 0 Å². The van der Waals surface area contributed by atoms with Gasteiger partial charge >= 0.3 is 0 Å². The van der Waals surface area contributed by atoms with Gasteiger partial charge in [-0.25, -0.2) is 8.42 Å². The number of rotatable bonds is 6. The number of nitrogens with zero attached hydrogens (tertiary/aromatic N) is 1. The molecule has 0 spiro atoms. The average Bonchev–Trinajstić information content (AvgIpc) is 2.68. The zero-order valence-corrected chi connectivity index (χ0v) is 16.8. The molecule has 0 aromatic heterocycles. The number of benzene rings is 2. The molecule has 0 bridgehead atoms. The highest BCUT2D eigenvalue weighted by atomic mass is 35.5. The van der Waals surface area contributed by atoms with Crippen LogP contribution in [0.15, 0.2) is 53.4 Å². The summed E-state index contributed by atoms with van der Waals surface area (Å²) in [4.78, 5) is 0.185. The van der Waals surface area contributed by atoms with Crippen LogP contribution in [-0.4, -0.2) is 44.6 Å². The van der Waals surface area contributed by atoms with Crippen LogP contribution < -0.4 is 4.74 Å². The Bertz CT molecular complexity index is 902. The minimum atomic E-state index is -3.66. The van der Waals surface area contributed by atoms with Gasteiger partial charge in [-0.1, -0.05) is 29.8 Å². The quantitative estimate of drug-likeness (QED) is 0.794. The smallest absolute Gasteiger partial charge is 0.243 e. The number of aliphatic hydroxyl groups excluding tert-OH is 1. The molecule has 2 aromatic rings. The topological polar surface area (TPSA) is 66.8 Å². The molecule has 0 amide bonds. The van der Waals surface area contributed by atoms with E-state index in [1.807, 2.05) is 24.3 Å². The van der Waals surface area contributed by atoms with Crippen LogP contribution in [0.25, 0.3) is 0 Å². The molecule has 3 rings (SSSR count). The van der Waals surface area contributed by atoms with Gasteiger partial charge in [0, 0.05) is 23.5 Å². The van der Waals surface area contributed by atoms with Crippen molar-refractivity contribution < 1.29 is 18.3 Å². The van der Waals surface area contributed by atoms with E-state index in [-0.39, 0.29) is 18.0 Å². The molecule has 1 N–H and O–H groups in total. The van der Waals surface area contributed by atoms with Gasteiger partial charge in [0.15, 0.2) is 0 Å². The summed E-state index contributed by atoms with van der Waals surface area (Å²) in [5, 5.41) is 10.5. The SMILES string of the molecule is COc1cccc(CC2(CO)CCCN(S(=O)(=O)c3cccc(Cl)c3)C2)c1. The molecule has 1 aliphatic rings.